The molecule has 2 rings (SSSR count). The van der Waals surface area contributed by atoms with E-state index in [1.807, 2.05) is 6.92 Å². The molecule has 1 aromatic heterocycles. The molecule has 108 valence electrons. The van der Waals surface area contributed by atoms with Crippen LogP contribution in [0.2, 0.25) is 0 Å². The lowest BCUT2D eigenvalue weighted by molar-refractivity contribution is -0.146. The lowest BCUT2D eigenvalue weighted by Crippen LogP contribution is -2.56. The Morgan fingerprint density at radius 2 is 2.15 bits per heavy atom. The molecule has 0 saturated heterocycles. The van der Waals surface area contributed by atoms with Gasteiger partial charge in [-0.2, -0.15) is 0 Å². The average Bonchev–Trinajstić information content (AvgIpc) is 2.39. The Morgan fingerprint density at radius 3 is 2.70 bits per heavy atom. The first-order valence-electron chi connectivity index (χ1n) is 6.77. The zero-order valence-corrected chi connectivity index (χ0v) is 11.7. The lowest BCUT2D eigenvalue weighted by Gasteiger charge is -2.36. The molecule has 6 heteroatoms. The summed E-state index contributed by atoms with van der Waals surface area (Å²) in [7, 11) is 0. The van der Waals surface area contributed by atoms with Crippen molar-refractivity contribution < 1.29 is 14.7 Å². The van der Waals surface area contributed by atoms with E-state index in [9.17, 15) is 14.7 Å². The van der Waals surface area contributed by atoms with Crippen LogP contribution >= 0.6 is 0 Å². The minimum atomic E-state index is -1.18. The maximum atomic E-state index is 12.2. The number of hydrogen-bond donors (Lipinski definition) is 2. The molecule has 2 atom stereocenters. The minimum absolute atomic E-state index is 0.148. The van der Waals surface area contributed by atoms with Crippen LogP contribution in [0.25, 0.3) is 0 Å². The number of nitrogens with zero attached hydrogens (tertiary/aromatic N) is 2. The Bertz CT molecular complexity index is 515. The van der Waals surface area contributed by atoms with Crippen LogP contribution in [0, 0.1) is 12.8 Å². The molecule has 0 spiro atoms. The molecule has 6 nitrogen and oxygen atoms in total. The van der Waals surface area contributed by atoms with Gasteiger partial charge in [0, 0.05) is 6.20 Å². The van der Waals surface area contributed by atoms with Crippen molar-refractivity contribution in [3.05, 3.63) is 23.8 Å². The normalized spacial score (nSPS) is 26.0. The molecular weight excluding hydrogens is 258 g/mol. The number of amides is 1. The summed E-state index contributed by atoms with van der Waals surface area (Å²) >= 11 is 0. The minimum Gasteiger partial charge on any atom is -0.480 e. The highest BCUT2D eigenvalue weighted by atomic mass is 16.4. The first-order valence-corrected chi connectivity index (χ1v) is 6.77. The van der Waals surface area contributed by atoms with Crippen molar-refractivity contribution in [1.29, 1.82) is 0 Å². The van der Waals surface area contributed by atoms with Crippen molar-refractivity contribution in [2.24, 2.45) is 5.92 Å². The molecular formula is C14H19N3O3. The second kappa shape index (κ2) is 5.56. The molecule has 1 fully saturated rings. The third kappa shape index (κ3) is 2.95. The first kappa shape index (κ1) is 14.4. The van der Waals surface area contributed by atoms with E-state index in [2.05, 4.69) is 15.3 Å². The van der Waals surface area contributed by atoms with Crippen LogP contribution in [0.1, 0.15) is 48.8 Å². The Morgan fingerprint density at radius 1 is 1.40 bits per heavy atom. The molecule has 1 saturated carbocycles. The maximum Gasteiger partial charge on any atom is 0.329 e. The predicted octanol–water partition coefficient (Wildman–Crippen LogP) is 1.55. The molecule has 2 unspecified atom stereocenters. The zero-order chi connectivity index (χ0) is 14.8. The standard InChI is InChI=1S/C14H19N3O3/c1-9-4-3-5-14(6-9,13(19)20)17-12(18)11-8-15-10(2)7-16-11/h7-9H,3-6H2,1-2H3,(H,17,18)(H,19,20). The van der Waals surface area contributed by atoms with Gasteiger partial charge in [0.25, 0.3) is 5.91 Å². The summed E-state index contributed by atoms with van der Waals surface area (Å²) in [6, 6.07) is 0. The molecule has 1 heterocycles. The van der Waals surface area contributed by atoms with E-state index in [1.54, 1.807) is 6.92 Å². The number of rotatable bonds is 3. The summed E-state index contributed by atoms with van der Waals surface area (Å²) in [6.07, 6.45) is 5.56. The topological polar surface area (TPSA) is 92.2 Å². The molecule has 1 aliphatic carbocycles. The number of carbonyl (C=O) groups is 2. The molecule has 0 aliphatic heterocycles. The second-order valence-electron chi connectivity index (χ2n) is 5.59. The number of nitrogens with one attached hydrogen (secondary N) is 1. The van der Waals surface area contributed by atoms with Crippen LogP contribution in [-0.4, -0.2) is 32.5 Å². The summed E-state index contributed by atoms with van der Waals surface area (Å²) < 4.78 is 0. The van der Waals surface area contributed by atoms with Gasteiger partial charge in [0.2, 0.25) is 0 Å². The van der Waals surface area contributed by atoms with Crippen LogP contribution < -0.4 is 5.32 Å². The van der Waals surface area contributed by atoms with Gasteiger partial charge < -0.3 is 10.4 Å². The van der Waals surface area contributed by atoms with E-state index in [1.165, 1.54) is 12.4 Å². The fraction of sp³-hybridized carbons (Fsp3) is 0.571. The van der Waals surface area contributed by atoms with Crippen molar-refractivity contribution in [2.75, 3.05) is 0 Å². The molecule has 1 aliphatic rings. The van der Waals surface area contributed by atoms with Gasteiger partial charge in [-0.05, 0) is 25.7 Å². The number of carbonyl (C=O) groups excluding carboxylic acids is 1. The van der Waals surface area contributed by atoms with Crippen LogP contribution in [0.3, 0.4) is 0 Å². The van der Waals surface area contributed by atoms with Crippen LogP contribution in [0.4, 0.5) is 0 Å². The van der Waals surface area contributed by atoms with Gasteiger partial charge in [-0.15, -0.1) is 0 Å². The van der Waals surface area contributed by atoms with Gasteiger partial charge in [0.1, 0.15) is 11.2 Å². The summed E-state index contributed by atoms with van der Waals surface area (Å²) in [4.78, 5) is 31.7. The summed E-state index contributed by atoms with van der Waals surface area (Å²) in [5, 5.41) is 12.2. The van der Waals surface area contributed by atoms with Gasteiger partial charge in [-0.3, -0.25) is 9.78 Å². The van der Waals surface area contributed by atoms with Crippen LogP contribution in [-0.2, 0) is 4.79 Å². The number of aromatic nitrogens is 2. The largest absolute Gasteiger partial charge is 0.480 e. The zero-order valence-electron chi connectivity index (χ0n) is 11.7. The molecule has 0 bridgehead atoms. The van der Waals surface area contributed by atoms with Crippen LogP contribution in [0.15, 0.2) is 12.4 Å². The molecule has 0 radical (unpaired) electrons. The summed E-state index contributed by atoms with van der Waals surface area (Å²) in [5.74, 6) is -1.17. The Balaban J connectivity index is 2.18. The smallest absolute Gasteiger partial charge is 0.329 e. The monoisotopic (exact) mass is 277 g/mol. The van der Waals surface area contributed by atoms with Gasteiger partial charge in [-0.1, -0.05) is 19.8 Å². The number of aliphatic carboxylic acids is 1. The lowest BCUT2D eigenvalue weighted by atomic mass is 9.76. The third-order valence-electron chi connectivity index (χ3n) is 3.77. The van der Waals surface area contributed by atoms with E-state index < -0.39 is 17.4 Å². The van der Waals surface area contributed by atoms with Crippen LogP contribution in [0.5, 0.6) is 0 Å². The van der Waals surface area contributed by atoms with Gasteiger partial charge >= 0.3 is 5.97 Å². The van der Waals surface area contributed by atoms with Crippen molar-refractivity contribution in [3.63, 3.8) is 0 Å². The van der Waals surface area contributed by atoms with E-state index >= 15 is 0 Å². The SMILES string of the molecule is Cc1cnc(C(=O)NC2(C(=O)O)CCCC(C)C2)cn1. The van der Waals surface area contributed by atoms with Gasteiger partial charge in [0.15, 0.2) is 0 Å². The van der Waals surface area contributed by atoms with E-state index in [4.69, 9.17) is 0 Å². The highest BCUT2D eigenvalue weighted by Gasteiger charge is 2.43. The highest BCUT2D eigenvalue weighted by Crippen LogP contribution is 2.32. The van der Waals surface area contributed by atoms with Gasteiger partial charge in [-0.25, -0.2) is 9.78 Å². The van der Waals surface area contributed by atoms with Gasteiger partial charge in [0.05, 0.1) is 11.9 Å². The maximum absolute atomic E-state index is 12.2. The quantitative estimate of drug-likeness (QED) is 0.874. The number of aryl methyl sites for hydroxylation is 1. The molecule has 2 N–H and O–H groups in total. The van der Waals surface area contributed by atoms with E-state index in [0.717, 1.165) is 12.8 Å². The van der Waals surface area contributed by atoms with Crippen molar-refractivity contribution in [1.82, 2.24) is 15.3 Å². The van der Waals surface area contributed by atoms with Crippen molar-refractivity contribution in [3.8, 4) is 0 Å². The predicted molar refractivity (Wildman–Crippen MR) is 72.2 cm³/mol. The number of carboxylic acids is 1. The molecule has 1 amide bonds. The summed E-state index contributed by atoms with van der Waals surface area (Å²) in [5.41, 5.74) is -0.323. The fourth-order valence-corrected chi connectivity index (χ4v) is 2.70. The molecule has 0 aromatic carbocycles. The number of hydrogen-bond acceptors (Lipinski definition) is 4. The average molecular weight is 277 g/mol. The molecule has 1 aromatic rings. The fourth-order valence-electron chi connectivity index (χ4n) is 2.70. The Hall–Kier alpha value is -1.98. The van der Waals surface area contributed by atoms with Crippen molar-refractivity contribution >= 4 is 11.9 Å². The van der Waals surface area contributed by atoms with E-state index in [0.29, 0.717) is 18.5 Å². The first-order chi connectivity index (χ1) is 9.43. The van der Waals surface area contributed by atoms with Crippen molar-refractivity contribution in [2.45, 2.75) is 45.1 Å². The molecule has 20 heavy (non-hydrogen) atoms. The van der Waals surface area contributed by atoms with E-state index in [-0.39, 0.29) is 11.6 Å². The Kier molecular flexibility index (Phi) is 4.01. The number of carboxylic acid groups (broad SMARTS) is 1. The Labute approximate surface area is 117 Å². The highest BCUT2D eigenvalue weighted by molar-refractivity contribution is 5.96. The summed E-state index contributed by atoms with van der Waals surface area (Å²) in [6.45, 7) is 3.78. The second-order valence-corrected chi connectivity index (χ2v) is 5.59. The third-order valence-corrected chi connectivity index (χ3v) is 3.77.